The Morgan fingerprint density at radius 1 is 1.11 bits per heavy atom. The van der Waals surface area contributed by atoms with Gasteiger partial charge in [0.2, 0.25) is 0 Å². The standard InChI is InChI=1S/C22H21ClN4O/c1-14-13-15(2)25-21-20(14)18-5-3-4-6-19(18)27(21)12-11-24-22(28)26-17-9-7-16(23)8-10-17/h3-10,13H,11-12H2,1-2H3,(H2,24,26,28). The lowest BCUT2D eigenvalue weighted by atomic mass is 10.1. The fraction of sp³-hybridized carbons (Fsp3) is 0.182. The van der Waals surface area contributed by atoms with E-state index in [0.29, 0.717) is 23.8 Å². The number of carbonyl (C=O) groups is 1. The molecule has 2 N–H and O–H groups in total. The van der Waals surface area contributed by atoms with Crippen LogP contribution in [0.4, 0.5) is 10.5 Å². The lowest BCUT2D eigenvalue weighted by Gasteiger charge is -2.10. The monoisotopic (exact) mass is 392 g/mol. The smallest absolute Gasteiger partial charge is 0.319 e. The van der Waals surface area contributed by atoms with Gasteiger partial charge in [-0.15, -0.1) is 0 Å². The molecule has 0 aliphatic heterocycles. The maximum Gasteiger partial charge on any atom is 0.319 e. The van der Waals surface area contributed by atoms with Gasteiger partial charge in [0, 0.05) is 40.3 Å². The Kier molecular flexibility index (Phi) is 4.92. The number of rotatable bonds is 4. The highest BCUT2D eigenvalue weighted by atomic mass is 35.5. The van der Waals surface area contributed by atoms with Crippen molar-refractivity contribution < 1.29 is 4.79 Å². The average molecular weight is 393 g/mol. The zero-order chi connectivity index (χ0) is 19.7. The first-order chi connectivity index (χ1) is 13.5. The molecule has 0 bridgehead atoms. The molecule has 6 heteroatoms. The molecular weight excluding hydrogens is 372 g/mol. The number of urea groups is 1. The van der Waals surface area contributed by atoms with Gasteiger partial charge in [0.15, 0.2) is 0 Å². The Balaban J connectivity index is 1.54. The molecule has 5 nitrogen and oxygen atoms in total. The van der Waals surface area contributed by atoms with E-state index in [9.17, 15) is 4.79 Å². The van der Waals surface area contributed by atoms with E-state index in [1.165, 1.54) is 16.3 Å². The molecule has 0 atom stereocenters. The molecule has 2 amide bonds. The maximum atomic E-state index is 12.2. The Labute approximate surface area is 168 Å². The van der Waals surface area contributed by atoms with Crippen LogP contribution in [0.5, 0.6) is 0 Å². The summed E-state index contributed by atoms with van der Waals surface area (Å²) in [6, 6.07) is 17.2. The Morgan fingerprint density at radius 2 is 1.86 bits per heavy atom. The summed E-state index contributed by atoms with van der Waals surface area (Å²) < 4.78 is 2.17. The molecule has 0 fully saturated rings. The molecule has 0 saturated carbocycles. The summed E-state index contributed by atoms with van der Waals surface area (Å²) in [6.45, 7) is 5.24. The number of amides is 2. The molecule has 2 heterocycles. The number of benzene rings is 2. The van der Waals surface area contributed by atoms with E-state index in [-0.39, 0.29) is 6.03 Å². The largest absolute Gasteiger partial charge is 0.336 e. The molecule has 142 valence electrons. The van der Waals surface area contributed by atoms with Crippen LogP contribution in [0.2, 0.25) is 5.02 Å². The number of aryl methyl sites for hydroxylation is 2. The summed E-state index contributed by atoms with van der Waals surface area (Å²) in [4.78, 5) is 17.0. The highest BCUT2D eigenvalue weighted by Gasteiger charge is 2.14. The van der Waals surface area contributed by atoms with Gasteiger partial charge in [0.1, 0.15) is 5.65 Å². The number of hydrogen-bond donors (Lipinski definition) is 2. The normalized spacial score (nSPS) is 11.1. The van der Waals surface area contributed by atoms with Gasteiger partial charge in [-0.3, -0.25) is 0 Å². The second-order valence-electron chi connectivity index (χ2n) is 6.84. The molecule has 0 unspecified atom stereocenters. The molecule has 4 aromatic rings. The highest BCUT2D eigenvalue weighted by molar-refractivity contribution is 6.30. The van der Waals surface area contributed by atoms with Gasteiger partial charge in [-0.05, 0) is 55.8 Å². The topological polar surface area (TPSA) is 59.0 Å². The number of carbonyl (C=O) groups excluding carboxylic acids is 1. The summed E-state index contributed by atoms with van der Waals surface area (Å²) in [7, 11) is 0. The second-order valence-corrected chi connectivity index (χ2v) is 7.27. The molecule has 2 aromatic heterocycles. The van der Waals surface area contributed by atoms with Gasteiger partial charge in [-0.2, -0.15) is 0 Å². The Hall–Kier alpha value is -3.05. The third-order valence-corrected chi connectivity index (χ3v) is 5.02. The minimum atomic E-state index is -0.247. The minimum absolute atomic E-state index is 0.247. The second kappa shape index (κ2) is 7.52. The molecule has 0 aliphatic carbocycles. The third-order valence-electron chi connectivity index (χ3n) is 4.77. The van der Waals surface area contributed by atoms with Crippen molar-refractivity contribution in [3.63, 3.8) is 0 Å². The molecule has 0 radical (unpaired) electrons. The van der Waals surface area contributed by atoms with Gasteiger partial charge in [0.05, 0.1) is 5.52 Å². The highest BCUT2D eigenvalue weighted by Crippen LogP contribution is 2.30. The van der Waals surface area contributed by atoms with E-state index >= 15 is 0 Å². The Bertz CT molecular complexity index is 1160. The van der Waals surface area contributed by atoms with Crippen LogP contribution < -0.4 is 10.6 Å². The van der Waals surface area contributed by atoms with Gasteiger partial charge >= 0.3 is 6.03 Å². The van der Waals surface area contributed by atoms with Crippen LogP contribution in [-0.4, -0.2) is 22.1 Å². The van der Waals surface area contributed by atoms with E-state index in [2.05, 4.69) is 40.3 Å². The van der Waals surface area contributed by atoms with E-state index in [0.717, 1.165) is 16.9 Å². The number of hydrogen-bond acceptors (Lipinski definition) is 2. The predicted octanol–water partition coefficient (Wildman–Crippen LogP) is 5.28. The molecule has 28 heavy (non-hydrogen) atoms. The summed E-state index contributed by atoms with van der Waals surface area (Å²) >= 11 is 5.87. The van der Waals surface area contributed by atoms with Crippen molar-refractivity contribution in [3.8, 4) is 0 Å². The molecule has 0 aliphatic rings. The van der Waals surface area contributed by atoms with Crippen molar-refractivity contribution >= 4 is 45.3 Å². The van der Waals surface area contributed by atoms with Crippen LogP contribution in [0.1, 0.15) is 11.3 Å². The maximum absolute atomic E-state index is 12.2. The fourth-order valence-corrected chi connectivity index (χ4v) is 3.72. The number of aromatic nitrogens is 2. The third kappa shape index (κ3) is 3.53. The molecule has 2 aromatic carbocycles. The Morgan fingerprint density at radius 3 is 2.64 bits per heavy atom. The molecule has 0 spiro atoms. The van der Waals surface area contributed by atoms with Crippen molar-refractivity contribution in [2.24, 2.45) is 0 Å². The molecule has 0 saturated heterocycles. The number of nitrogens with one attached hydrogen (secondary N) is 2. The number of para-hydroxylation sites is 1. The van der Waals surface area contributed by atoms with Crippen LogP contribution >= 0.6 is 11.6 Å². The first kappa shape index (κ1) is 18.3. The van der Waals surface area contributed by atoms with Crippen molar-refractivity contribution in [1.82, 2.24) is 14.9 Å². The van der Waals surface area contributed by atoms with Crippen molar-refractivity contribution in [1.29, 1.82) is 0 Å². The SMILES string of the molecule is Cc1cc(C)c2c3ccccc3n(CCNC(=O)Nc3ccc(Cl)cc3)c2n1. The lowest BCUT2D eigenvalue weighted by molar-refractivity contribution is 0.252. The number of pyridine rings is 1. The number of nitrogens with zero attached hydrogens (tertiary/aromatic N) is 2. The van der Waals surface area contributed by atoms with Crippen molar-refractivity contribution in [2.45, 2.75) is 20.4 Å². The zero-order valence-electron chi connectivity index (χ0n) is 15.8. The van der Waals surface area contributed by atoms with Crippen molar-refractivity contribution in [2.75, 3.05) is 11.9 Å². The summed E-state index contributed by atoms with van der Waals surface area (Å²) in [5, 5.41) is 8.71. The summed E-state index contributed by atoms with van der Waals surface area (Å²) in [6.07, 6.45) is 0. The van der Waals surface area contributed by atoms with Crippen LogP contribution in [-0.2, 0) is 6.54 Å². The molecule has 4 rings (SSSR count). The van der Waals surface area contributed by atoms with Gasteiger partial charge in [-0.1, -0.05) is 29.8 Å². The molecular formula is C22H21ClN4O. The average Bonchev–Trinajstić information content (AvgIpc) is 2.97. The van der Waals surface area contributed by atoms with Crippen molar-refractivity contribution in [3.05, 3.63) is 70.9 Å². The van der Waals surface area contributed by atoms with E-state index < -0.39 is 0 Å². The number of halogens is 1. The van der Waals surface area contributed by atoms with E-state index in [4.69, 9.17) is 16.6 Å². The van der Waals surface area contributed by atoms with Gasteiger partial charge in [-0.25, -0.2) is 9.78 Å². The van der Waals surface area contributed by atoms with Gasteiger partial charge < -0.3 is 15.2 Å². The van der Waals surface area contributed by atoms with E-state index in [1.807, 2.05) is 19.1 Å². The lowest BCUT2D eigenvalue weighted by Crippen LogP contribution is -2.31. The van der Waals surface area contributed by atoms with Gasteiger partial charge in [0.25, 0.3) is 0 Å². The number of fused-ring (bicyclic) bond motifs is 3. The van der Waals surface area contributed by atoms with Crippen LogP contribution in [0, 0.1) is 13.8 Å². The zero-order valence-corrected chi connectivity index (χ0v) is 16.5. The first-order valence-corrected chi connectivity index (χ1v) is 9.56. The van der Waals surface area contributed by atoms with Crippen LogP contribution in [0.3, 0.4) is 0 Å². The van der Waals surface area contributed by atoms with E-state index in [1.54, 1.807) is 24.3 Å². The fourth-order valence-electron chi connectivity index (χ4n) is 3.60. The van der Waals surface area contributed by atoms with Crippen LogP contribution in [0.15, 0.2) is 54.6 Å². The first-order valence-electron chi connectivity index (χ1n) is 9.18. The predicted molar refractivity (Wildman–Crippen MR) is 115 cm³/mol. The van der Waals surface area contributed by atoms with Crippen LogP contribution in [0.25, 0.3) is 21.9 Å². The minimum Gasteiger partial charge on any atom is -0.336 e. The summed E-state index contributed by atoms with van der Waals surface area (Å²) in [5.41, 5.74) is 4.98. The summed E-state index contributed by atoms with van der Waals surface area (Å²) in [5.74, 6) is 0. The number of anilines is 1. The quantitative estimate of drug-likeness (QED) is 0.496.